The van der Waals surface area contributed by atoms with Crippen LogP contribution in [0.1, 0.15) is 39.0 Å². The van der Waals surface area contributed by atoms with Gasteiger partial charge >= 0.3 is 11.6 Å². The van der Waals surface area contributed by atoms with Gasteiger partial charge in [-0.15, -0.1) is 0 Å². The number of aryl methyl sites for hydroxylation is 2. The molecular weight excluding hydrogens is 298 g/mol. The summed E-state index contributed by atoms with van der Waals surface area (Å²) < 4.78 is 9.90. The van der Waals surface area contributed by atoms with Gasteiger partial charge in [-0.3, -0.25) is 4.79 Å². The average molecular weight is 315 g/mol. The lowest BCUT2D eigenvalue weighted by Crippen LogP contribution is -2.20. The van der Waals surface area contributed by atoms with E-state index in [2.05, 4.69) is 5.32 Å². The maximum atomic E-state index is 12.3. The third kappa shape index (κ3) is 3.66. The minimum Gasteiger partial charge on any atom is -0.462 e. The molecule has 120 valence electrons. The van der Waals surface area contributed by atoms with E-state index >= 15 is 0 Å². The van der Waals surface area contributed by atoms with Crippen molar-refractivity contribution in [3.63, 3.8) is 0 Å². The van der Waals surface area contributed by atoms with Gasteiger partial charge in [-0.2, -0.15) is 0 Å². The molecule has 0 atom stereocenters. The summed E-state index contributed by atoms with van der Waals surface area (Å²) in [5.41, 5.74) is 0.480. The number of esters is 1. The molecule has 6 nitrogen and oxygen atoms in total. The molecule has 0 fully saturated rings. The fourth-order valence-electron chi connectivity index (χ4n) is 2.07. The molecule has 1 heterocycles. The van der Waals surface area contributed by atoms with E-state index in [1.54, 1.807) is 32.0 Å². The number of carbonyl (C=O) groups is 2. The van der Waals surface area contributed by atoms with Gasteiger partial charge in [-0.1, -0.05) is 18.2 Å². The second kappa shape index (κ2) is 6.91. The molecule has 1 aromatic carbocycles. The Morgan fingerprint density at radius 3 is 2.52 bits per heavy atom. The molecule has 1 N–H and O–H groups in total. The van der Waals surface area contributed by atoms with Crippen LogP contribution in [0.15, 0.2) is 39.5 Å². The molecule has 2 aromatic rings. The maximum Gasteiger partial charge on any atom is 0.359 e. The second-order valence-electron chi connectivity index (χ2n) is 4.91. The molecular formula is C17H17NO5. The van der Waals surface area contributed by atoms with E-state index < -0.39 is 17.5 Å². The Labute approximate surface area is 133 Å². The molecule has 0 saturated carbocycles. The normalized spacial score (nSPS) is 10.2. The lowest BCUT2D eigenvalue weighted by atomic mass is 10.1. The summed E-state index contributed by atoms with van der Waals surface area (Å²) in [5, 5.41) is 2.48. The number of hydrogen-bond acceptors (Lipinski definition) is 5. The smallest absolute Gasteiger partial charge is 0.359 e. The van der Waals surface area contributed by atoms with Crippen LogP contribution in [0.5, 0.6) is 0 Å². The minimum atomic E-state index is -0.725. The zero-order valence-electron chi connectivity index (χ0n) is 13.1. The fourth-order valence-corrected chi connectivity index (χ4v) is 2.07. The highest BCUT2D eigenvalue weighted by Crippen LogP contribution is 2.14. The van der Waals surface area contributed by atoms with Crippen molar-refractivity contribution in [3.05, 3.63) is 63.2 Å². The monoisotopic (exact) mass is 315 g/mol. The highest BCUT2D eigenvalue weighted by Gasteiger charge is 2.18. The minimum absolute atomic E-state index is 0.103. The topological polar surface area (TPSA) is 85.6 Å². The van der Waals surface area contributed by atoms with Crippen molar-refractivity contribution in [1.82, 2.24) is 0 Å². The number of nitrogens with one attached hydrogen (secondary N) is 1. The van der Waals surface area contributed by atoms with Crippen molar-refractivity contribution in [2.24, 2.45) is 0 Å². The predicted octanol–water partition coefficient (Wildman–Crippen LogP) is 2.69. The molecule has 0 aliphatic rings. The van der Waals surface area contributed by atoms with Crippen molar-refractivity contribution in [2.75, 3.05) is 11.9 Å². The molecule has 1 amide bonds. The van der Waals surface area contributed by atoms with Crippen molar-refractivity contribution in [3.8, 4) is 0 Å². The van der Waals surface area contributed by atoms with E-state index in [0.717, 1.165) is 5.56 Å². The molecule has 0 unspecified atom stereocenters. The van der Waals surface area contributed by atoms with Gasteiger partial charge in [0.25, 0.3) is 5.91 Å². The summed E-state index contributed by atoms with van der Waals surface area (Å²) in [6.07, 6.45) is 0. The van der Waals surface area contributed by atoms with Gasteiger partial charge in [0.15, 0.2) is 0 Å². The lowest BCUT2D eigenvalue weighted by Gasteiger charge is -2.09. The van der Waals surface area contributed by atoms with E-state index in [9.17, 15) is 14.4 Å². The molecule has 0 aliphatic heterocycles. The first-order valence-corrected chi connectivity index (χ1v) is 7.13. The third-order valence-electron chi connectivity index (χ3n) is 3.27. The van der Waals surface area contributed by atoms with Crippen molar-refractivity contribution in [1.29, 1.82) is 0 Å². The molecule has 6 heteroatoms. The summed E-state index contributed by atoms with van der Waals surface area (Å²) >= 11 is 0. The van der Waals surface area contributed by atoms with Gasteiger partial charge in [0, 0.05) is 5.56 Å². The summed E-state index contributed by atoms with van der Waals surface area (Å²) in [4.78, 5) is 36.0. The van der Waals surface area contributed by atoms with Gasteiger partial charge in [-0.05, 0) is 38.5 Å². The van der Waals surface area contributed by atoms with E-state index in [1.165, 1.54) is 13.0 Å². The van der Waals surface area contributed by atoms with Crippen molar-refractivity contribution in [2.45, 2.75) is 20.8 Å². The number of rotatable bonds is 4. The molecule has 0 saturated heterocycles. The van der Waals surface area contributed by atoms with Crippen LogP contribution in [0.4, 0.5) is 5.69 Å². The van der Waals surface area contributed by atoms with E-state index in [1.807, 2.05) is 6.07 Å². The quantitative estimate of drug-likeness (QED) is 0.877. The van der Waals surface area contributed by atoms with Crippen molar-refractivity contribution >= 4 is 17.6 Å². The Balaban J connectivity index is 2.35. The molecule has 0 spiro atoms. The summed E-state index contributed by atoms with van der Waals surface area (Å²) in [6.45, 7) is 5.15. The number of carbonyl (C=O) groups excluding carboxylic acids is 2. The number of hydrogen-bond donors (Lipinski definition) is 1. The SMILES string of the molecule is CCOC(=O)c1cc(NC(=O)c2ccccc2C)c(=O)oc1C. The highest BCUT2D eigenvalue weighted by molar-refractivity contribution is 6.05. The third-order valence-corrected chi connectivity index (χ3v) is 3.27. The zero-order chi connectivity index (χ0) is 17.0. The first kappa shape index (κ1) is 16.5. The Morgan fingerprint density at radius 1 is 1.17 bits per heavy atom. The fraction of sp³-hybridized carbons (Fsp3) is 0.235. The number of anilines is 1. The van der Waals surface area contributed by atoms with Crippen LogP contribution in [-0.4, -0.2) is 18.5 Å². The van der Waals surface area contributed by atoms with Gasteiger partial charge in [0.05, 0.1) is 6.61 Å². The first-order chi connectivity index (χ1) is 10.9. The molecule has 0 bridgehead atoms. The highest BCUT2D eigenvalue weighted by atomic mass is 16.5. The number of ether oxygens (including phenoxy) is 1. The number of amides is 1. The van der Waals surface area contributed by atoms with Crippen LogP contribution in [-0.2, 0) is 4.74 Å². The Morgan fingerprint density at radius 2 is 1.87 bits per heavy atom. The Bertz CT molecular complexity index is 807. The van der Waals surface area contributed by atoms with Crippen LogP contribution in [0.25, 0.3) is 0 Å². The first-order valence-electron chi connectivity index (χ1n) is 7.13. The average Bonchev–Trinajstić information content (AvgIpc) is 2.50. The van der Waals surface area contributed by atoms with Gasteiger partial charge in [-0.25, -0.2) is 9.59 Å². The maximum absolute atomic E-state index is 12.3. The van der Waals surface area contributed by atoms with Crippen LogP contribution in [0.2, 0.25) is 0 Å². The van der Waals surface area contributed by atoms with Gasteiger partial charge in [0.2, 0.25) is 0 Å². The molecule has 2 rings (SSSR count). The van der Waals surface area contributed by atoms with Crippen LogP contribution in [0.3, 0.4) is 0 Å². The van der Waals surface area contributed by atoms with Gasteiger partial charge in [0.1, 0.15) is 17.0 Å². The predicted molar refractivity (Wildman–Crippen MR) is 84.8 cm³/mol. The van der Waals surface area contributed by atoms with E-state index in [0.29, 0.717) is 5.56 Å². The Hall–Kier alpha value is -2.89. The summed E-state index contributed by atoms with van der Waals surface area (Å²) in [6, 6.07) is 8.24. The lowest BCUT2D eigenvalue weighted by molar-refractivity contribution is 0.0521. The zero-order valence-corrected chi connectivity index (χ0v) is 13.1. The molecule has 0 radical (unpaired) electrons. The van der Waals surface area contributed by atoms with Crippen LogP contribution < -0.4 is 10.9 Å². The summed E-state index contributed by atoms with van der Waals surface area (Å²) in [5.74, 6) is -0.920. The van der Waals surface area contributed by atoms with Crippen LogP contribution in [0, 0.1) is 13.8 Å². The van der Waals surface area contributed by atoms with Gasteiger partial charge < -0.3 is 14.5 Å². The summed E-state index contributed by atoms with van der Waals surface area (Å²) in [7, 11) is 0. The standard InChI is InChI=1S/C17H17NO5/c1-4-22-16(20)13-9-14(17(21)23-11(13)3)18-15(19)12-8-6-5-7-10(12)2/h5-9H,4H2,1-3H3,(H,18,19). The van der Waals surface area contributed by atoms with Crippen LogP contribution >= 0.6 is 0 Å². The number of benzene rings is 1. The molecule has 1 aromatic heterocycles. The Kier molecular flexibility index (Phi) is 4.95. The van der Waals surface area contributed by atoms with E-state index in [-0.39, 0.29) is 23.6 Å². The largest absolute Gasteiger partial charge is 0.462 e. The van der Waals surface area contributed by atoms with Crippen molar-refractivity contribution < 1.29 is 18.7 Å². The molecule has 23 heavy (non-hydrogen) atoms. The second-order valence-corrected chi connectivity index (χ2v) is 4.91. The molecule has 0 aliphatic carbocycles. The van der Waals surface area contributed by atoms with E-state index in [4.69, 9.17) is 9.15 Å².